The number of unbranched alkanes of at least 4 members (excludes halogenated alkanes) is 1. The van der Waals surface area contributed by atoms with Crippen LogP contribution in [0.1, 0.15) is 106 Å². The Labute approximate surface area is 262 Å². The third-order valence-corrected chi connectivity index (χ3v) is 10.8. The molecule has 2 aromatic rings. The van der Waals surface area contributed by atoms with Gasteiger partial charge in [0.1, 0.15) is 11.9 Å². The zero-order valence-electron chi connectivity index (χ0n) is 27.1. The maximum atomic E-state index is 13.0. The second-order valence-corrected chi connectivity index (χ2v) is 14.3. The monoisotopic (exact) mass is 605 g/mol. The number of carboxylic acid groups (broad SMARTS) is 1. The smallest absolute Gasteiger partial charge is 0.325 e. The first kappa shape index (κ1) is 31.5. The fourth-order valence-corrected chi connectivity index (χ4v) is 8.20. The molecule has 8 nitrogen and oxygen atoms in total. The second kappa shape index (κ2) is 13.1. The summed E-state index contributed by atoms with van der Waals surface area (Å²) in [6.07, 6.45) is 8.71. The van der Waals surface area contributed by atoms with Crippen LogP contribution in [0.2, 0.25) is 0 Å². The number of anilines is 1. The summed E-state index contributed by atoms with van der Waals surface area (Å²) in [5, 5.41) is 14.1. The van der Waals surface area contributed by atoms with Gasteiger partial charge in [0.2, 0.25) is 0 Å². The number of aromatic nitrogens is 1. The molecule has 0 amide bonds. The van der Waals surface area contributed by atoms with Crippen LogP contribution in [0.5, 0.6) is 0 Å². The fraction of sp³-hybridized carbons (Fsp3) is 0.667. The predicted octanol–water partition coefficient (Wildman–Crippen LogP) is 6.23. The summed E-state index contributed by atoms with van der Waals surface area (Å²) in [7, 11) is 2.00. The van der Waals surface area contributed by atoms with Crippen LogP contribution in [0.3, 0.4) is 0 Å². The highest BCUT2D eigenvalue weighted by molar-refractivity contribution is 5.76. The average Bonchev–Trinajstić information content (AvgIpc) is 3.33. The Balaban J connectivity index is 1.10. The second-order valence-electron chi connectivity index (χ2n) is 14.3. The normalized spacial score (nSPS) is 26.2. The average molecular weight is 606 g/mol. The predicted molar refractivity (Wildman–Crippen MR) is 171 cm³/mol. The van der Waals surface area contributed by atoms with E-state index in [1.807, 2.05) is 19.2 Å². The van der Waals surface area contributed by atoms with Crippen molar-refractivity contribution in [3.05, 3.63) is 58.3 Å². The number of ether oxygens (including phenoxy) is 3. The topological polar surface area (TPSA) is 93.2 Å². The fourth-order valence-electron chi connectivity index (χ4n) is 8.20. The maximum absolute atomic E-state index is 13.0. The molecule has 0 unspecified atom stereocenters. The zero-order chi connectivity index (χ0) is 30.9. The van der Waals surface area contributed by atoms with Crippen LogP contribution in [0.15, 0.2) is 30.3 Å². The highest BCUT2D eigenvalue weighted by atomic mass is 16.5. The quantitative estimate of drug-likeness (QED) is 0.308. The molecule has 4 heterocycles. The summed E-state index contributed by atoms with van der Waals surface area (Å²) < 4.78 is 18.7. The molecule has 0 radical (unpaired) electrons. The van der Waals surface area contributed by atoms with Crippen LogP contribution >= 0.6 is 0 Å². The Hall–Kier alpha value is -2.52. The minimum atomic E-state index is -0.797. The van der Waals surface area contributed by atoms with Crippen molar-refractivity contribution >= 4 is 11.8 Å². The first-order chi connectivity index (χ1) is 21.2. The number of pyridine rings is 1. The molecule has 2 N–H and O–H groups in total. The lowest BCUT2D eigenvalue weighted by Crippen LogP contribution is -2.43. The van der Waals surface area contributed by atoms with Gasteiger partial charge in [-0.1, -0.05) is 45.0 Å². The van der Waals surface area contributed by atoms with Gasteiger partial charge in [0.15, 0.2) is 0 Å². The SMILES string of the molecule is C[C@@H]1COC2(CCOCC2)c2cccc([C@@H](C(=O)O)N(C)[C@@H]3C[C@@H](OCCCCc4ccc5c(n4)NCCC5)C(C)(C)C3)c21. The Morgan fingerprint density at radius 3 is 2.82 bits per heavy atom. The molecule has 1 saturated carbocycles. The summed E-state index contributed by atoms with van der Waals surface area (Å²) in [5.74, 6) is 0.400. The first-order valence-corrected chi connectivity index (χ1v) is 16.8. The minimum absolute atomic E-state index is 0.0307. The van der Waals surface area contributed by atoms with Crippen LogP contribution in [0.25, 0.3) is 0 Å². The Morgan fingerprint density at radius 2 is 2.02 bits per heavy atom. The van der Waals surface area contributed by atoms with E-state index in [2.05, 4.69) is 49.2 Å². The molecule has 1 aromatic heterocycles. The van der Waals surface area contributed by atoms with Crippen molar-refractivity contribution in [2.75, 3.05) is 45.3 Å². The van der Waals surface area contributed by atoms with E-state index in [1.54, 1.807) is 0 Å². The summed E-state index contributed by atoms with van der Waals surface area (Å²) in [6, 6.07) is 10.0. The third kappa shape index (κ3) is 6.28. The molecule has 240 valence electrons. The lowest BCUT2D eigenvalue weighted by Gasteiger charge is -2.45. The molecule has 8 heteroatoms. The van der Waals surface area contributed by atoms with Gasteiger partial charge in [-0.2, -0.15) is 0 Å². The van der Waals surface area contributed by atoms with E-state index in [4.69, 9.17) is 19.2 Å². The van der Waals surface area contributed by atoms with Crippen molar-refractivity contribution in [1.29, 1.82) is 0 Å². The first-order valence-electron chi connectivity index (χ1n) is 16.8. The highest BCUT2D eigenvalue weighted by Gasteiger charge is 2.47. The van der Waals surface area contributed by atoms with E-state index in [0.717, 1.165) is 86.1 Å². The van der Waals surface area contributed by atoms with Crippen LogP contribution in [0, 0.1) is 5.41 Å². The molecule has 1 aliphatic carbocycles. The number of aliphatic carboxylic acids is 1. The number of carboxylic acids is 1. The minimum Gasteiger partial charge on any atom is -0.480 e. The molecule has 4 aliphatic rings. The van der Waals surface area contributed by atoms with Crippen LogP contribution in [-0.4, -0.2) is 73.1 Å². The largest absolute Gasteiger partial charge is 0.480 e. The van der Waals surface area contributed by atoms with Gasteiger partial charge < -0.3 is 24.6 Å². The number of hydrogen-bond donors (Lipinski definition) is 2. The van der Waals surface area contributed by atoms with Gasteiger partial charge in [-0.25, -0.2) is 4.98 Å². The van der Waals surface area contributed by atoms with E-state index in [0.29, 0.717) is 26.4 Å². The van der Waals surface area contributed by atoms with Gasteiger partial charge in [0, 0.05) is 56.9 Å². The zero-order valence-corrected chi connectivity index (χ0v) is 27.1. The van der Waals surface area contributed by atoms with Gasteiger partial charge in [-0.3, -0.25) is 9.69 Å². The van der Waals surface area contributed by atoms with Gasteiger partial charge in [0.25, 0.3) is 0 Å². The van der Waals surface area contributed by atoms with E-state index in [1.165, 1.54) is 12.0 Å². The van der Waals surface area contributed by atoms with E-state index in [-0.39, 0.29) is 29.1 Å². The lowest BCUT2D eigenvalue weighted by atomic mass is 9.75. The molecule has 2 fully saturated rings. The van der Waals surface area contributed by atoms with Crippen molar-refractivity contribution in [3.63, 3.8) is 0 Å². The van der Waals surface area contributed by atoms with Crippen molar-refractivity contribution in [3.8, 4) is 0 Å². The van der Waals surface area contributed by atoms with Crippen LogP contribution < -0.4 is 5.32 Å². The summed E-state index contributed by atoms with van der Waals surface area (Å²) in [4.78, 5) is 20.0. The van der Waals surface area contributed by atoms with E-state index in [9.17, 15) is 9.90 Å². The van der Waals surface area contributed by atoms with Crippen molar-refractivity contribution < 1.29 is 24.1 Å². The highest BCUT2D eigenvalue weighted by Crippen LogP contribution is 2.48. The summed E-state index contributed by atoms with van der Waals surface area (Å²) in [6.45, 7) is 10.4. The molecule has 3 aliphatic heterocycles. The molecule has 4 atom stereocenters. The number of hydrogen-bond acceptors (Lipinski definition) is 7. The number of nitrogens with one attached hydrogen (secondary N) is 1. The van der Waals surface area contributed by atoms with Gasteiger partial charge >= 0.3 is 5.97 Å². The van der Waals surface area contributed by atoms with E-state index < -0.39 is 12.0 Å². The molecule has 1 saturated heterocycles. The summed E-state index contributed by atoms with van der Waals surface area (Å²) in [5.41, 5.74) is 5.30. The standard InChI is InChI=1S/C36H51N3O5/c1-24-23-44-36(15-19-42-20-16-36)29-12-7-11-28(31(24)29)32(34(40)41)39(4)27-21-30(35(2,3)22-27)43-18-6-5-10-26-14-13-25-9-8-17-37-33(25)38-26/h7,11-14,24,27,30,32H,5-6,8-10,15-23H2,1-4H3,(H,37,38)(H,40,41)/t24-,27-,30-,32+/m1/s1. The van der Waals surface area contributed by atoms with Crippen molar-refractivity contribution in [2.24, 2.45) is 5.41 Å². The summed E-state index contributed by atoms with van der Waals surface area (Å²) >= 11 is 0. The van der Waals surface area contributed by atoms with Gasteiger partial charge in [0.05, 0.1) is 18.3 Å². The number of rotatable bonds is 10. The number of carbonyl (C=O) groups is 1. The Kier molecular flexibility index (Phi) is 9.35. The molecular weight excluding hydrogens is 554 g/mol. The van der Waals surface area contributed by atoms with Gasteiger partial charge in [-0.15, -0.1) is 0 Å². The number of fused-ring (bicyclic) bond motifs is 3. The molecule has 1 spiro atoms. The van der Waals surface area contributed by atoms with E-state index >= 15 is 0 Å². The molecule has 0 bridgehead atoms. The van der Waals surface area contributed by atoms with Crippen molar-refractivity contribution in [1.82, 2.24) is 9.88 Å². The molecule has 1 aromatic carbocycles. The third-order valence-electron chi connectivity index (χ3n) is 10.8. The number of benzene rings is 1. The Bertz CT molecular complexity index is 1320. The van der Waals surface area contributed by atoms with Crippen molar-refractivity contribution in [2.45, 2.75) is 108 Å². The molecular formula is C36H51N3O5. The maximum Gasteiger partial charge on any atom is 0.325 e. The van der Waals surface area contributed by atoms with Crippen LogP contribution in [0.4, 0.5) is 5.82 Å². The van der Waals surface area contributed by atoms with Gasteiger partial charge in [-0.05, 0) is 85.7 Å². The number of likely N-dealkylation sites (N-methyl/N-ethyl adjacent to an activating group) is 1. The molecule has 44 heavy (non-hydrogen) atoms. The van der Waals surface area contributed by atoms with Crippen LogP contribution in [-0.2, 0) is 37.4 Å². The number of aryl methyl sites for hydroxylation is 2. The number of nitrogens with zero attached hydrogens (tertiary/aromatic N) is 2. The Morgan fingerprint density at radius 1 is 1.20 bits per heavy atom. The molecule has 6 rings (SSSR count). The lowest BCUT2D eigenvalue weighted by molar-refractivity contribution is -0.144.